The van der Waals surface area contributed by atoms with E-state index in [1.54, 1.807) is 6.20 Å². The Morgan fingerprint density at radius 2 is 1.88 bits per heavy atom. The summed E-state index contributed by atoms with van der Waals surface area (Å²) in [4.78, 5) is 35.5. The van der Waals surface area contributed by atoms with Crippen LogP contribution in [0.2, 0.25) is 0 Å². The fourth-order valence-electron chi connectivity index (χ4n) is 3.59. The molecule has 7 heteroatoms. The van der Waals surface area contributed by atoms with E-state index in [-0.39, 0.29) is 23.9 Å². The molecule has 32 heavy (non-hydrogen) atoms. The molecule has 2 amide bonds. The third-order valence-electron chi connectivity index (χ3n) is 6.05. The highest BCUT2D eigenvalue weighted by molar-refractivity contribution is 5.90. The summed E-state index contributed by atoms with van der Waals surface area (Å²) in [7, 11) is 1.91. The van der Waals surface area contributed by atoms with Crippen LogP contribution in [0.3, 0.4) is 0 Å². The van der Waals surface area contributed by atoms with Gasteiger partial charge in [-0.3, -0.25) is 14.5 Å². The number of hydrogen-bond acceptors (Lipinski definition) is 4. The average molecular weight is 436 g/mol. The molecule has 0 bridgehead atoms. The Morgan fingerprint density at radius 1 is 1.12 bits per heavy atom. The maximum absolute atomic E-state index is 13.1. The van der Waals surface area contributed by atoms with Crippen LogP contribution in [0, 0.1) is 6.92 Å². The van der Waals surface area contributed by atoms with Crippen LogP contribution in [0.1, 0.15) is 37.5 Å². The van der Waals surface area contributed by atoms with Gasteiger partial charge in [-0.2, -0.15) is 0 Å². The normalized spacial score (nSPS) is 13.3. The highest BCUT2D eigenvalue weighted by atomic mass is 16.2. The van der Waals surface area contributed by atoms with Crippen LogP contribution in [-0.4, -0.2) is 51.9 Å². The third-order valence-corrected chi connectivity index (χ3v) is 6.05. The monoisotopic (exact) mass is 435 g/mol. The van der Waals surface area contributed by atoms with Crippen LogP contribution in [0.5, 0.6) is 0 Å². The molecular weight excluding hydrogens is 402 g/mol. The lowest BCUT2D eigenvalue weighted by Gasteiger charge is -2.29. The molecule has 2 heterocycles. The Labute approximate surface area is 189 Å². The topological polar surface area (TPSA) is 90.1 Å². The summed E-state index contributed by atoms with van der Waals surface area (Å²) in [5, 5.41) is 6.94. The van der Waals surface area contributed by atoms with Crippen LogP contribution in [0.4, 0.5) is 0 Å². The van der Waals surface area contributed by atoms with E-state index in [0.29, 0.717) is 13.0 Å². The molecule has 3 N–H and O–H groups in total. The molecule has 0 unspecified atom stereocenters. The van der Waals surface area contributed by atoms with E-state index in [4.69, 9.17) is 0 Å². The zero-order valence-corrected chi connectivity index (χ0v) is 19.5. The van der Waals surface area contributed by atoms with Crippen molar-refractivity contribution in [1.82, 2.24) is 25.5 Å². The zero-order valence-electron chi connectivity index (χ0n) is 19.5. The van der Waals surface area contributed by atoms with Crippen molar-refractivity contribution < 1.29 is 9.59 Å². The second-order valence-corrected chi connectivity index (χ2v) is 8.60. The van der Waals surface area contributed by atoms with Gasteiger partial charge < -0.3 is 15.6 Å². The van der Waals surface area contributed by atoms with E-state index in [0.717, 1.165) is 27.7 Å². The molecule has 3 aromatic rings. The summed E-state index contributed by atoms with van der Waals surface area (Å²) in [5.74, 6) is -0.375. The van der Waals surface area contributed by atoms with Gasteiger partial charge in [-0.1, -0.05) is 24.3 Å². The number of nitrogens with zero attached hydrogens (tertiary/aromatic N) is 2. The van der Waals surface area contributed by atoms with Gasteiger partial charge in [-0.15, -0.1) is 0 Å². The maximum Gasteiger partial charge on any atom is 0.243 e. The fourth-order valence-corrected chi connectivity index (χ4v) is 3.59. The van der Waals surface area contributed by atoms with Crippen molar-refractivity contribution in [2.75, 3.05) is 7.05 Å². The van der Waals surface area contributed by atoms with E-state index in [9.17, 15) is 9.59 Å². The molecule has 0 aliphatic carbocycles. The number of amides is 2. The van der Waals surface area contributed by atoms with E-state index < -0.39 is 6.04 Å². The van der Waals surface area contributed by atoms with Crippen molar-refractivity contribution in [3.8, 4) is 0 Å². The van der Waals surface area contributed by atoms with Gasteiger partial charge in [0.2, 0.25) is 11.8 Å². The van der Waals surface area contributed by atoms with Gasteiger partial charge in [0.1, 0.15) is 11.7 Å². The zero-order chi connectivity index (χ0) is 23.3. The quantitative estimate of drug-likeness (QED) is 0.482. The summed E-state index contributed by atoms with van der Waals surface area (Å²) in [6.07, 6.45) is 4.01. The molecular formula is C25H33N5O2. The number of carbonyl (C=O) groups is 2. The summed E-state index contributed by atoms with van der Waals surface area (Å²) < 4.78 is 0. The number of nitrogens with one attached hydrogen (secondary N) is 3. The first kappa shape index (κ1) is 23.5. The molecule has 2 aromatic heterocycles. The first-order valence-corrected chi connectivity index (χ1v) is 11.0. The third kappa shape index (κ3) is 5.73. The lowest BCUT2D eigenvalue weighted by Crippen LogP contribution is -2.53. The Kier molecular flexibility index (Phi) is 7.64. The number of aromatic nitrogens is 2. The fraction of sp³-hybridized carbons (Fsp3) is 0.400. The lowest BCUT2D eigenvalue weighted by atomic mass is 10.00. The van der Waals surface area contributed by atoms with Crippen molar-refractivity contribution in [2.45, 2.75) is 58.8 Å². The molecule has 7 nitrogen and oxygen atoms in total. The average Bonchev–Trinajstić information content (AvgIpc) is 3.25. The number of aryl methyl sites for hydroxylation is 1. The lowest BCUT2D eigenvalue weighted by molar-refractivity contribution is -0.131. The molecule has 0 fully saturated rings. The van der Waals surface area contributed by atoms with Gasteiger partial charge in [0, 0.05) is 36.8 Å². The second kappa shape index (κ2) is 10.4. The standard InChI is InChI=1S/C25H33N5O2/c1-16(2)30(5)18(4)24(31)29-22(13-20-9-7-6-8-17(20)3)25(32)28-15-19-12-21-10-11-26-23(21)27-14-19/h6-12,14,16,18,22H,13,15H2,1-5H3,(H,26,27)(H,28,32)(H,29,31)/t18-,22-/m0/s1. The minimum atomic E-state index is -0.671. The highest BCUT2D eigenvalue weighted by Gasteiger charge is 2.26. The maximum atomic E-state index is 13.1. The van der Waals surface area contributed by atoms with Gasteiger partial charge in [-0.25, -0.2) is 4.98 Å². The van der Waals surface area contributed by atoms with Crippen LogP contribution < -0.4 is 10.6 Å². The van der Waals surface area contributed by atoms with Gasteiger partial charge in [0.15, 0.2) is 0 Å². The number of likely N-dealkylation sites (N-methyl/N-ethyl adjacent to an activating group) is 1. The molecule has 2 atom stereocenters. The SMILES string of the molecule is Cc1ccccc1C[C@H](NC(=O)[C@H](C)N(C)C(C)C)C(=O)NCc1cnc2[nH]ccc2c1. The van der Waals surface area contributed by atoms with Gasteiger partial charge in [0.25, 0.3) is 0 Å². The number of pyridine rings is 1. The molecule has 0 saturated heterocycles. The van der Waals surface area contributed by atoms with Crippen molar-refractivity contribution >= 4 is 22.8 Å². The van der Waals surface area contributed by atoms with Crippen molar-refractivity contribution in [1.29, 1.82) is 0 Å². The van der Waals surface area contributed by atoms with Crippen LogP contribution in [0.25, 0.3) is 11.0 Å². The number of H-pyrrole nitrogens is 1. The molecule has 170 valence electrons. The summed E-state index contributed by atoms with van der Waals surface area (Å²) in [6.45, 7) is 8.29. The Balaban J connectivity index is 1.73. The van der Waals surface area contributed by atoms with Crippen LogP contribution in [-0.2, 0) is 22.6 Å². The molecule has 3 rings (SSSR count). The highest BCUT2D eigenvalue weighted by Crippen LogP contribution is 2.13. The summed E-state index contributed by atoms with van der Waals surface area (Å²) >= 11 is 0. The number of aromatic amines is 1. The second-order valence-electron chi connectivity index (χ2n) is 8.60. The first-order valence-electron chi connectivity index (χ1n) is 11.0. The largest absolute Gasteiger partial charge is 0.350 e. The smallest absolute Gasteiger partial charge is 0.243 e. The van der Waals surface area contributed by atoms with Crippen molar-refractivity contribution in [2.24, 2.45) is 0 Å². The predicted octanol–water partition coefficient (Wildman–Crippen LogP) is 2.94. The number of fused-ring (bicyclic) bond motifs is 1. The van der Waals surface area contributed by atoms with Gasteiger partial charge in [0.05, 0.1) is 6.04 Å². The number of benzene rings is 1. The number of hydrogen-bond donors (Lipinski definition) is 3. The van der Waals surface area contributed by atoms with Crippen molar-refractivity contribution in [3.05, 3.63) is 65.5 Å². The molecule has 0 aliphatic heterocycles. The predicted molar refractivity (Wildman–Crippen MR) is 127 cm³/mol. The molecule has 0 spiro atoms. The van der Waals surface area contributed by atoms with Gasteiger partial charge >= 0.3 is 0 Å². The van der Waals surface area contributed by atoms with E-state index in [1.165, 1.54) is 0 Å². The van der Waals surface area contributed by atoms with Crippen molar-refractivity contribution in [3.63, 3.8) is 0 Å². The molecule has 1 aromatic carbocycles. The van der Waals surface area contributed by atoms with Gasteiger partial charge in [-0.05, 0) is 63.6 Å². The minimum Gasteiger partial charge on any atom is -0.350 e. The van der Waals surface area contributed by atoms with Crippen LogP contribution in [0.15, 0.2) is 48.8 Å². The van der Waals surface area contributed by atoms with Crippen LogP contribution >= 0.6 is 0 Å². The Morgan fingerprint density at radius 3 is 2.59 bits per heavy atom. The summed E-state index contributed by atoms with van der Waals surface area (Å²) in [6, 6.07) is 11.1. The number of rotatable bonds is 9. The minimum absolute atomic E-state index is 0.162. The first-order chi connectivity index (χ1) is 15.3. The Hall–Kier alpha value is -3.19. The van der Waals surface area contributed by atoms with E-state index in [1.807, 2.05) is 82.2 Å². The van der Waals surface area contributed by atoms with E-state index in [2.05, 4.69) is 20.6 Å². The molecule has 0 saturated carbocycles. The van der Waals surface area contributed by atoms with E-state index >= 15 is 0 Å². The summed E-state index contributed by atoms with van der Waals surface area (Å²) in [5.41, 5.74) is 3.84. The molecule has 0 radical (unpaired) electrons. The number of carbonyl (C=O) groups excluding carboxylic acids is 2. The Bertz CT molecular complexity index is 1070. The molecule has 0 aliphatic rings.